The van der Waals surface area contributed by atoms with Crippen molar-refractivity contribution >= 4 is 11.9 Å². The molecule has 0 radical (unpaired) electrons. The zero-order chi connectivity index (χ0) is 23.2. The van der Waals surface area contributed by atoms with Crippen molar-refractivity contribution in [2.24, 2.45) is 0 Å². The van der Waals surface area contributed by atoms with E-state index in [0.29, 0.717) is 25.4 Å². The predicted octanol–water partition coefficient (Wildman–Crippen LogP) is 4.70. The molecule has 3 atom stereocenters. The fraction of sp³-hybridized carbons (Fsp3) is 0.923. The summed E-state index contributed by atoms with van der Waals surface area (Å²) in [5, 5.41) is 0. The lowest BCUT2D eigenvalue weighted by Gasteiger charge is -2.39. The molecule has 0 aromatic carbocycles. The summed E-state index contributed by atoms with van der Waals surface area (Å²) in [6, 6.07) is 0.438. The van der Waals surface area contributed by atoms with E-state index in [1.165, 1.54) is 51.4 Å². The van der Waals surface area contributed by atoms with Crippen molar-refractivity contribution in [1.82, 2.24) is 4.90 Å². The topological polar surface area (TPSA) is 55.8 Å². The molecule has 2 saturated heterocycles. The van der Waals surface area contributed by atoms with Gasteiger partial charge in [0, 0.05) is 39.3 Å². The van der Waals surface area contributed by atoms with Crippen LogP contribution in [0.4, 0.5) is 0 Å². The number of ether oxygens (including phenoxy) is 2. The zero-order valence-corrected chi connectivity index (χ0v) is 21.1. The molecular weight excluding hydrogens is 404 g/mol. The van der Waals surface area contributed by atoms with E-state index in [1.54, 1.807) is 7.11 Å². The molecule has 0 aromatic heterocycles. The average molecular weight is 454 g/mol. The molecule has 2 aliphatic heterocycles. The molecule has 2 unspecified atom stereocenters. The van der Waals surface area contributed by atoms with Crippen molar-refractivity contribution in [3.05, 3.63) is 0 Å². The van der Waals surface area contributed by atoms with E-state index in [2.05, 4.69) is 14.0 Å². The molecule has 6 nitrogen and oxygen atoms in total. The standard InChI is InChI=1S/C26H49N2O4/c1-4-5-6-7-8-9-10-11-12-17-26(30)32-24(20-27-18-13-16-25(27)29)21-28(2)19-14-15-23(28)22-31-3/h23-24H,4-22H2,1-3H3/q+1/t23-,24?,28?/m0/s1. The minimum Gasteiger partial charge on any atom is -0.454 e. The number of rotatable bonds is 17. The minimum atomic E-state index is -0.231. The van der Waals surface area contributed by atoms with Crippen LogP contribution in [0.1, 0.15) is 96.8 Å². The summed E-state index contributed by atoms with van der Waals surface area (Å²) in [6.07, 6.45) is 15.2. The lowest BCUT2D eigenvalue weighted by atomic mass is 10.1. The van der Waals surface area contributed by atoms with Crippen molar-refractivity contribution in [3.63, 3.8) is 0 Å². The average Bonchev–Trinajstić information content (AvgIpc) is 3.32. The van der Waals surface area contributed by atoms with Gasteiger partial charge in [0.1, 0.15) is 12.6 Å². The molecule has 0 saturated carbocycles. The molecule has 6 heteroatoms. The number of methoxy groups -OCH3 is 1. The van der Waals surface area contributed by atoms with Crippen molar-refractivity contribution in [1.29, 1.82) is 0 Å². The number of quaternary nitrogens is 1. The van der Waals surface area contributed by atoms with Gasteiger partial charge in [-0.1, -0.05) is 58.3 Å². The van der Waals surface area contributed by atoms with E-state index < -0.39 is 0 Å². The van der Waals surface area contributed by atoms with Crippen LogP contribution in [-0.4, -0.2) is 80.3 Å². The van der Waals surface area contributed by atoms with Crippen LogP contribution < -0.4 is 0 Å². The van der Waals surface area contributed by atoms with Crippen molar-refractivity contribution in [2.75, 3.05) is 46.9 Å². The van der Waals surface area contributed by atoms with E-state index >= 15 is 0 Å². The third kappa shape index (κ3) is 9.38. The normalized spacial score (nSPS) is 24.3. The Morgan fingerprint density at radius 3 is 2.41 bits per heavy atom. The Hall–Kier alpha value is -1.14. The van der Waals surface area contributed by atoms with Crippen LogP contribution in [0.15, 0.2) is 0 Å². The molecule has 2 heterocycles. The van der Waals surface area contributed by atoms with Gasteiger partial charge < -0.3 is 18.9 Å². The van der Waals surface area contributed by atoms with Gasteiger partial charge in [-0.25, -0.2) is 0 Å². The fourth-order valence-corrected chi connectivity index (χ4v) is 5.44. The molecule has 1 amide bonds. The van der Waals surface area contributed by atoms with Gasteiger partial charge in [-0.05, 0) is 12.8 Å². The van der Waals surface area contributed by atoms with Gasteiger partial charge in [-0.2, -0.15) is 0 Å². The Morgan fingerprint density at radius 1 is 1.09 bits per heavy atom. The molecule has 2 fully saturated rings. The third-order valence-electron chi connectivity index (χ3n) is 7.45. The number of likely N-dealkylation sites (N-methyl/N-ethyl adjacent to an activating group) is 1. The lowest BCUT2D eigenvalue weighted by molar-refractivity contribution is -0.924. The number of nitrogens with zero attached hydrogens (tertiary/aromatic N) is 2. The predicted molar refractivity (Wildman–Crippen MR) is 128 cm³/mol. The van der Waals surface area contributed by atoms with Gasteiger partial charge in [0.05, 0.1) is 26.7 Å². The smallest absolute Gasteiger partial charge is 0.306 e. The highest BCUT2D eigenvalue weighted by atomic mass is 16.5. The van der Waals surface area contributed by atoms with E-state index in [4.69, 9.17) is 9.47 Å². The summed E-state index contributed by atoms with van der Waals surface area (Å²) < 4.78 is 12.3. The Bertz CT molecular complexity index is 556. The summed E-state index contributed by atoms with van der Waals surface area (Å²) in [5.41, 5.74) is 0. The Balaban J connectivity index is 1.77. The maximum Gasteiger partial charge on any atom is 0.306 e. The zero-order valence-electron chi connectivity index (χ0n) is 21.1. The summed E-state index contributed by atoms with van der Waals surface area (Å²) >= 11 is 0. The number of esters is 1. The first-order valence-electron chi connectivity index (χ1n) is 13.3. The van der Waals surface area contributed by atoms with Gasteiger partial charge in [0.2, 0.25) is 5.91 Å². The van der Waals surface area contributed by atoms with Crippen LogP contribution in [-0.2, 0) is 19.1 Å². The van der Waals surface area contributed by atoms with Crippen LogP contribution in [0.3, 0.4) is 0 Å². The molecular formula is C26H49N2O4+. The number of hydrogen-bond acceptors (Lipinski definition) is 4. The van der Waals surface area contributed by atoms with E-state index in [1.807, 2.05) is 4.90 Å². The van der Waals surface area contributed by atoms with Gasteiger partial charge in [-0.15, -0.1) is 0 Å². The highest BCUT2D eigenvalue weighted by Gasteiger charge is 2.41. The molecule has 32 heavy (non-hydrogen) atoms. The molecule has 2 aliphatic rings. The molecule has 2 rings (SSSR count). The second-order valence-corrected chi connectivity index (χ2v) is 10.3. The van der Waals surface area contributed by atoms with Crippen LogP contribution >= 0.6 is 0 Å². The number of carbonyl (C=O) groups excluding carboxylic acids is 2. The van der Waals surface area contributed by atoms with Crippen molar-refractivity contribution < 1.29 is 23.5 Å². The molecule has 0 aromatic rings. The Morgan fingerprint density at radius 2 is 1.78 bits per heavy atom. The first kappa shape index (κ1) is 27.1. The highest BCUT2D eigenvalue weighted by Crippen LogP contribution is 2.27. The quantitative estimate of drug-likeness (QED) is 0.182. The highest BCUT2D eigenvalue weighted by molar-refractivity contribution is 5.78. The maximum absolute atomic E-state index is 12.6. The largest absolute Gasteiger partial charge is 0.454 e. The molecule has 0 spiro atoms. The van der Waals surface area contributed by atoms with Gasteiger partial charge in [0.25, 0.3) is 0 Å². The molecule has 0 aliphatic carbocycles. The van der Waals surface area contributed by atoms with Crippen molar-refractivity contribution in [3.8, 4) is 0 Å². The van der Waals surface area contributed by atoms with Crippen LogP contribution in [0.5, 0.6) is 0 Å². The van der Waals surface area contributed by atoms with E-state index in [9.17, 15) is 9.59 Å². The molecule has 0 N–H and O–H groups in total. The van der Waals surface area contributed by atoms with Crippen LogP contribution in [0.2, 0.25) is 0 Å². The van der Waals surface area contributed by atoms with E-state index in [-0.39, 0.29) is 18.0 Å². The fourth-order valence-electron chi connectivity index (χ4n) is 5.44. The third-order valence-corrected chi connectivity index (χ3v) is 7.45. The summed E-state index contributed by atoms with van der Waals surface area (Å²) in [7, 11) is 4.01. The first-order chi connectivity index (χ1) is 15.5. The number of unbranched alkanes of at least 4 members (excludes halogenated alkanes) is 8. The first-order valence-corrected chi connectivity index (χ1v) is 13.3. The summed E-state index contributed by atoms with van der Waals surface area (Å²) in [6.45, 7) is 6.15. The number of amides is 1. The molecule has 0 bridgehead atoms. The SMILES string of the molecule is CCCCCCCCCCCC(=O)OC(CN1CCCC1=O)C[N+]1(C)CCC[C@H]1COC. The Kier molecular flexibility index (Phi) is 12.6. The van der Waals surface area contributed by atoms with Crippen molar-refractivity contribution in [2.45, 2.75) is 109 Å². The van der Waals surface area contributed by atoms with E-state index in [0.717, 1.165) is 56.4 Å². The second-order valence-electron chi connectivity index (χ2n) is 10.3. The van der Waals surface area contributed by atoms with Gasteiger partial charge in [-0.3, -0.25) is 9.59 Å². The maximum atomic E-state index is 12.6. The van der Waals surface area contributed by atoms with Gasteiger partial charge in [0.15, 0.2) is 6.10 Å². The number of hydrogen-bond donors (Lipinski definition) is 0. The van der Waals surface area contributed by atoms with Crippen LogP contribution in [0.25, 0.3) is 0 Å². The summed E-state index contributed by atoms with van der Waals surface area (Å²) in [5.74, 6) is 0.0983. The Labute approximate surface area is 196 Å². The van der Waals surface area contributed by atoms with Crippen LogP contribution in [0, 0.1) is 0 Å². The number of likely N-dealkylation sites (tertiary alicyclic amines) is 2. The monoisotopic (exact) mass is 453 g/mol. The minimum absolute atomic E-state index is 0.0984. The summed E-state index contributed by atoms with van der Waals surface area (Å²) in [4.78, 5) is 26.7. The lowest BCUT2D eigenvalue weighted by Crippen LogP contribution is -2.56. The molecule has 186 valence electrons. The second kappa shape index (κ2) is 14.9. The van der Waals surface area contributed by atoms with Gasteiger partial charge >= 0.3 is 5.97 Å². The number of carbonyl (C=O) groups is 2.